The van der Waals surface area contributed by atoms with Crippen molar-refractivity contribution in [3.05, 3.63) is 24.3 Å². The maximum atomic E-state index is 11.5. The molecule has 0 aromatic heterocycles. The lowest BCUT2D eigenvalue weighted by atomic mass is 10.3. The average Bonchev–Trinajstić information content (AvgIpc) is 2.71. The molecule has 0 radical (unpaired) electrons. The van der Waals surface area contributed by atoms with Crippen LogP contribution in [0.15, 0.2) is 34.3 Å². The molecular formula is C11H12N2O5S. The number of benzene rings is 1. The highest BCUT2D eigenvalue weighted by atomic mass is 32.2. The second-order valence-corrected chi connectivity index (χ2v) is 5.21. The third-order valence-electron chi connectivity index (χ3n) is 2.46. The lowest BCUT2D eigenvalue weighted by Crippen LogP contribution is -2.19. The summed E-state index contributed by atoms with van der Waals surface area (Å²) in [4.78, 5) is 11.3. The first-order chi connectivity index (χ1) is 8.91. The van der Waals surface area contributed by atoms with E-state index < -0.39 is 10.1 Å². The Hall–Kier alpha value is -1.93. The molecule has 1 aliphatic heterocycles. The summed E-state index contributed by atoms with van der Waals surface area (Å²) in [5.74, 6) is -0.193. The van der Waals surface area contributed by atoms with Gasteiger partial charge in [-0.15, -0.1) is 5.10 Å². The van der Waals surface area contributed by atoms with E-state index in [9.17, 15) is 13.2 Å². The number of ketones is 1. The third-order valence-corrected chi connectivity index (χ3v) is 3.33. The highest BCUT2D eigenvalue weighted by Gasteiger charge is 2.26. The normalized spacial score (nSPS) is 15.6. The summed E-state index contributed by atoms with van der Waals surface area (Å²) in [6.45, 7) is 2.14. The van der Waals surface area contributed by atoms with Crippen LogP contribution in [0, 0.1) is 0 Å². The minimum atomic E-state index is -4.22. The summed E-state index contributed by atoms with van der Waals surface area (Å²) in [6.07, 6.45) is 0. The first-order valence-corrected chi connectivity index (χ1v) is 6.95. The smallest absolute Gasteiger partial charge is 0.294 e. The van der Waals surface area contributed by atoms with Crippen LogP contribution in [0.5, 0.6) is 0 Å². The van der Waals surface area contributed by atoms with Gasteiger partial charge in [0, 0.05) is 0 Å². The van der Waals surface area contributed by atoms with Crippen molar-refractivity contribution in [3.8, 4) is 0 Å². The Kier molecular flexibility index (Phi) is 3.54. The van der Waals surface area contributed by atoms with Crippen molar-refractivity contribution >= 4 is 27.5 Å². The summed E-state index contributed by atoms with van der Waals surface area (Å²) in [6, 6.07) is 5.39. The molecule has 1 aromatic rings. The first-order valence-electron chi connectivity index (χ1n) is 5.51. The maximum Gasteiger partial charge on any atom is 0.294 e. The molecule has 19 heavy (non-hydrogen) atoms. The van der Waals surface area contributed by atoms with Crippen molar-refractivity contribution < 1.29 is 22.5 Å². The number of hydrazone groups is 1. The lowest BCUT2D eigenvalue weighted by Gasteiger charge is -2.11. The number of anilines is 1. The van der Waals surface area contributed by atoms with Crippen LogP contribution in [0.25, 0.3) is 0 Å². The minimum absolute atomic E-state index is 0.0422. The Labute approximate surface area is 110 Å². The van der Waals surface area contributed by atoms with E-state index in [1.54, 1.807) is 6.92 Å². The zero-order valence-corrected chi connectivity index (χ0v) is 10.9. The van der Waals surface area contributed by atoms with Crippen LogP contribution < -0.4 is 5.01 Å². The van der Waals surface area contributed by atoms with Crippen LogP contribution in [-0.2, 0) is 19.6 Å². The van der Waals surface area contributed by atoms with Gasteiger partial charge in [0.15, 0.2) is 0 Å². The number of carbonyl (C=O) groups excluding carboxylic acids is 1. The molecule has 1 N–H and O–H groups in total. The Morgan fingerprint density at radius 2 is 2.00 bits per heavy atom. The van der Waals surface area contributed by atoms with Gasteiger partial charge < -0.3 is 4.74 Å². The van der Waals surface area contributed by atoms with Crippen LogP contribution in [0.4, 0.5) is 5.69 Å². The van der Waals surface area contributed by atoms with Crippen molar-refractivity contribution in [1.29, 1.82) is 0 Å². The molecule has 0 fully saturated rings. The molecule has 0 atom stereocenters. The van der Waals surface area contributed by atoms with Crippen LogP contribution >= 0.6 is 0 Å². The van der Waals surface area contributed by atoms with E-state index in [1.165, 1.54) is 29.3 Å². The van der Waals surface area contributed by atoms with Gasteiger partial charge in [-0.1, -0.05) is 0 Å². The first kappa shape index (κ1) is 13.5. The summed E-state index contributed by atoms with van der Waals surface area (Å²) >= 11 is 0. The summed E-state index contributed by atoms with van der Waals surface area (Å²) < 4.78 is 35.7. The molecule has 0 amide bonds. The lowest BCUT2D eigenvalue weighted by molar-refractivity contribution is -0.112. The predicted molar refractivity (Wildman–Crippen MR) is 67.7 cm³/mol. The molecule has 1 heterocycles. The second kappa shape index (κ2) is 4.98. The highest BCUT2D eigenvalue weighted by Crippen LogP contribution is 2.20. The number of hydrogen-bond donors (Lipinski definition) is 1. The van der Waals surface area contributed by atoms with Crippen molar-refractivity contribution in [2.24, 2.45) is 5.10 Å². The zero-order chi connectivity index (χ0) is 14.0. The number of carbonyl (C=O) groups is 1. The molecule has 7 nitrogen and oxygen atoms in total. The molecule has 0 bridgehead atoms. The minimum Gasteiger partial charge on any atom is -0.474 e. The van der Waals surface area contributed by atoms with Crippen LogP contribution in [0.3, 0.4) is 0 Å². The van der Waals surface area contributed by atoms with Gasteiger partial charge in [0.05, 0.1) is 17.2 Å². The van der Waals surface area contributed by atoms with Crippen molar-refractivity contribution in [1.82, 2.24) is 0 Å². The average molecular weight is 284 g/mol. The van der Waals surface area contributed by atoms with Crippen LogP contribution in [-0.4, -0.2) is 37.8 Å². The quantitative estimate of drug-likeness (QED) is 0.820. The molecule has 0 unspecified atom stereocenters. The van der Waals surface area contributed by atoms with Crippen LogP contribution in [0.1, 0.15) is 6.92 Å². The standard InChI is InChI=1S/C11H12N2O5S/c1-2-18-11-10(14)7-13(12-11)8-3-5-9(6-4-8)19(15,16)17/h3-6H,2,7H2,1H3,(H,15,16,17). The van der Waals surface area contributed by atoms with Crippen molar-refractivity contribution in [2.45, 2.75) is 11.8 Å². The fourth-order valence-electron chi connectivity index (χ4n) is 1.59. The maximum absolute atomic E-state index is 11.5. The van der Waals surface area contributed by atoms with Gasteiger partial charge in [-0.05, 0) is 31.2 Å². The van der Waals surface area contributed by atoms with Gasteiger partial charge >= 0.3 is 0 Å². The third kappa shape index (κ3) is 2.91. The Bertz CT molecular complexity index is 621. The van der Waals surface area contributed by atoms with Gasteiger partial charge in [0.2, 0.25) is 5.78 Å². The van der Waals surface area contributed by atoms with Gasteiger partial charge in [-0.25, -0.2) is 0 Å². The van der Waals surface area contributed by atoms with E-state index in [-0.39, 0.29) is 23.1 Å². The summed E-state index contributed by atoms with van der Waals surface area (Å²) in [5.41, 5.74) is 0.537. The number of Topliss-reactive ketones (excluding diaryl/α,β-unsaturated/α-hetero) is 1. The second-order valence-electron chi connectivity index (χ2n) is 3.79. The molecule has 0 saturated heterocycles. The number of hydrogen-bond acceptors (Lipinski definition) is 6. The number of nitrogens with zero attached hydrogens (tertiary/aromatic N) is 2. The largest absolute Gasteiger partial charge is 0.474 e. The van der Waals surface area contributed by atoms with E-state index in [0.717, 1.165) is 0 Å². The fraction of sp³-hybridized carbons (Fsp3) is 0.273. The fourth-order valence-corrected chi connectivity index (χ4v) is 2.07. The SMILES string of the molecule is CCOC1=NN(c2ccc(S(=O)(=O)O)cc2)CC1=O. The van der Waals surface area contributed by atoms with Gasteiger partial charge in [0.25, 0.3) is 16.0 Å². The summed E-state index contributed by atoms with van der Waals surface area (Å²) in [7, 11) is -4.22. The van der Waals surface area contributed by atoms with Crippen molar-refractivity contribution in [3.63, 3.8) is 0 Å². The Morgan fingerprint density at radius 3 is 2.53 bits per heavy atom. The topological polar surface area (TPSA) is 96.3 Å². The van der Waals surface area contributed by atoms with E-state index in [2.05, 4.69) is 5.10 Å². The molecule has 0 aliphatic carbocycles. The molecular weight excluding hydrogens is 272 g/mol. The molecule has 102 valence electrons. The number of rotatable bonds is 3. The molecule has 0 saturated carbocycles. The zero-order valence-electron chi connectivity index (χ0n) is 10.1. The van der Waals surface area contributed by atoms with Crippen molar-refractivity contribution in [2.75, 3.05) is 18.2 Å². The molecule has 0 spiro atoms. The predicted octanol–water partition coefficient (Wildman–Crippen LogP) is 0.672. The van der Waals surface area contributed by atoms with Gasteiger partial charge in [0.1, 0.15) is 6.54 Å². The van der Waals surface area contributed by atoms with Crippen LogP contribution in [0.2, 0.25) is 0 Å². The number of ether oxygens (including phenoxy) is 1. The molecule has 2 rings (SSSR count). The van der Waals surface area contributed by atoms with E-state index >= 15 is 0 Å². The Balaban J connectivity index is 2.23. The van der Waals surface area contributed by atoms with E-state index in [4.69, 9.17) is 9.29 Å². The summed E-state index contributed by atoms with van der Waals surface area (Å²) in [5, 5.41) is 5.39. The van der Waals surface area contributed by atoms with Gasteiger partial charge in [-0.2, -0.15) is 8.42 Å². The Morgan fingerprint density at radius 1 is 1.37 bits per heavy atom. The van der Waals surface area contributed by atoms with E-state index in [1.807, 2.05) is 0 Å². The van der Waals surface area contributed by atoms with E-state index in [0.29, 0.717) is 12.3 Å². The van der Waals surface area contributed by atoms with Gasteiger partial charge in [-0.3, -0.25) is 14.4 Å². The monoisotopic (exact) mass is 284 g/mol. The molecule has 8 heteroatoms. The molecule has 1 aromatic carbocycles. The highest BCUT2D eigenvalue weighted by molar-refractivity contribution is 7.85. The molecule has 1 aliphatic rings.